The highest BCUT2D eigenvalue weighted by atomic mass is 19.4. The Balaban J connectivity index is 1.44. The number of halogens is 3. The molecule has 3 aromatic rings. The third-order valence-electron chi connectivity index (χ3n) is 7.42. The molecule has 5 rings (SSSR count). The number of carbonyl (C=O) groups is 2. The summed E-state index contributed by atoms with van der Waals surface area (Å²) in [5.74, 6) is -0.612. The predicted molar refractivity (Wildman–Crippen MR) is 131 cm³/mol. The Morgan fingerprint density at radius 3 is 2.58 bits per heavy atom. The molecule has 2 aliphatic rings. The summed E-state index contributed by atoms with van der Waals surface area (Å²) < 4.78 is 47.6. The first-order chi connectivity index (χ1) is 18.1. The Morgan fingerprint density at radius 1 is 1.16 bits per heavy atom. The molecule has 0 radical (unpaired) electrons. The highest BCUT2D eigenvalue weighted by Gasteiger charge is 2.38. The van der Waals surface area contributed by atoms with E-state index in [9.17, 15) is 22.8 Å². The maximum atomic E-state index is 13.8. The molecule has 38 heavy (non-hydrogen) atoms. The molecule has 202 valence electrons. The van der Waals surface area contributed by atoms with Crippen LogP contribution in [0.25, 0.3) is 16.8 Å². The van der Waals surface area contributed by atoms with Crippen molar-refractivity contribution in [1.29, 1.82) is 0 Å². The van der Waals surface area contributed by atoms with E-state index < -0.39 is 17.6 Å². The average molecular weight is 532 g/mol. The lowest BCUT2D eigenvalue weighted by Gasteiger charge is -2.20. The van der Waals surface area contributed by atoms with Gasteiger partial charge in [-0.15, -0.1) is 0 Å². The number of pyridine rings is 1. The van der Waals surface area contributed by atoms with E-state index in [2.05, 4.69) is 20.4 Å². The van der Waals surface area contributed by atoms with Gasteiger partial charge in [-0.2, -0.15) is 18.3 Å². The van der Waals surface area contributed by atoms with E-state index in [1.807, 2.05) is 11.8 Å². The third kappa shape index (κ3) is 4.61. The van der Waals surface area contributed by atoms with Gasteiger partial charge >= 0.3 is 6.18 Å². The van der Waals surface area contributed by atoms with Gasteiger partial charge in [-0.05, 0) is 30.9 Å². The van der Waals surface area contributed by atoms with Crippen LogP contribution in [0.5, 0.6) is 5.88 Å². The molecule has 2 atom stereocenters. The van der Waals surface area contributed by atoms with Crippen molar-refractivity contribution < 1.29 is 27.5 Å². The van der Waals surface area contributed by atoms with Crippen LogP contribution in [0.15, 0.2) is 24.7 Å². The molecule has 13 heteroatoms. The number of anilines is 1. The number of hydrogen-bond acceptors (Lipinski definition) is 7. The largest absolute Gasteiger partial charge is 0.480 e. The van der Waals surface area contributed by atoms with Crippen molar-refractivity contribution in [2.75, 3.05) is 25.9 Å². The lowest BCUT2D eigenvalue weighted by Crippen LogP contribution is -2.41. The van der Waals surface area contributed by atoms with Crippen molar-refractivity contribution in [2.45, 2.75) is 44.8 Å². The Labute approximate surface area is 216 Å². The van der Waals surface area contributed by atoms with Gasteiger partial charge in [-0.1, -0.05) is 19.8 Å². The van der Waals surface area contributed by atoms with E-state index in [-0.39, 0.29) is 57.8 Å². The number of aromatic nitrogens is 4. The number of nitrogens with zero attached hydrogens (tertiary/aromatic N) is 5. The maximum absolute atomic E-state index is 13.8. The number of nitrogens with one attached hydrogen (secondary N) is 1. The summed E-state index contributed by atoms with van der Waals surface area (Å²) in [6.45, 7) is 2.91. The first-order valence-corrected chi connectivity index (χ1v) is 12.4. The quantitative estimate of drug-likeness (QED) is 0.518. The minimum absolute atomic E-state index is 0.0156. The molecule has 2 amide bonds. The number of nitrogen functional groups attached to an aromatic ring is 1. The zero-order valence-electron chi connectivity index (χ0n) is 21.0. The topological polar surface area (TPSA) is 128 Å². The van der Waals surface area contributed by atoms with Gasteiger partial charge in [0.05, 0.1) is 24.4 Å². The number of fused-ring (bicyclic) bond motifs is 1. The highest BCUT2D eigenvalue weighted by Crippen LogP contribution is 2.39. The molecule has 0 aromatic carbocycles. The SMILES string of the molecule is COc1ncc(-c2cc(C(F)(F)F)c3c(N)ncnn23)cc1C(=O)NC1CN(C(=O)C2CCCC2)CC1C. The Morgan fingerprint density at radius 2 is 1.89 bits per heavy atom. The number of likely N-dealkylation sites (tertiary alicyclic amines) is 1. The number of nitrogens with two attached hydrogens (primary N) is 1. The van der Waals surface area contributed by atoms with Crippen molar-refractivity contribution in [1.82, 2.24) is 29.8 Å². The van der Waals surface area contributed by atoms with E-state index in [0.717, 1.165) is 42.6 Å². The number of carbonyl (C=O) groups excluding carboxylic acids is 2. The van der Waals surface area contributed by atoms with Crippen LogP contribution in [0.1, 0.15) is 48.5 Å². The van der Waals surface area contributed by atoms with Crippen LogP contribution in [0.2, 0.25) is 0 Å². The van der Waals surface area contributed by atoms with Crippen LogP contribution in [0.3, 0.4) is 0 Å². The van der Waals surface area contributed by atoms with Gasteiger partial charge in [-0.3, -0.25) is 9.59 Å². The molecule has 4 heterocycles. The number of methoxy groups -OCH3 is 1. The minimum atomic E-state index is -4.71. The fourth-order valence-electron chi connectivity index (χ4n) is 5.42. The fourth-order valence-corrected chi connectivity index (χ4v) is 5.42. The van der Waals surface area contributed by atoms with E-state index in [1.54, 1.807) is 0 Å². The number of amides is 2. The van der Waals surface area contributed by atoms with Crippen molar-refractivity contribution >= 4 is 23.1 Å². The van der Waals surface area contributed by atoms with Crippen LogP contribution in [0.4, 0.5) is 19.0 Å². The lowest BCUT2D eigenvalue weighted by atomic mass is 10.1. The first-order valence-electron chi connectivity index (χ1n) is 12.4. The summed E-state index contributed by atoms with van der Waals surface area (Å²) in [6, 6.07) is 2.01. The smallest absolute Gasteiger partial charge is 0.418 e. The second-order valence-corrected chi connectivity index (χ2v) is 9.91. The molecule has 0 spiro atoms. The molecule has 0 bridgehead atoms. The van der Waals surface area contributed by atoms with E-state index in [4.69, 9.17) is 10.5 Å². The van der Waals surface area contributed by atoms with E-state index >= 15 is 0 Å². The summed E-state index contributed by atoms with van der Waals surface area (Å²) in [6.07, 6.45) is 1.57. The molecule has 1 aliphatic heterocycles. The molecule has 10 nitrogen and oxygen atoms in total. The van der Waals surface area contributed by atoms with Crippen LogP contribution >= 0.6 is 0 Å². The highest BCUT2D eigenvalue weighted by molar-refractivity contribution is 5.98. The Kier molecular flexibility index (Phi) is 6.61. The van der Waals surface area contributed by atoms with Gasteiger partial charge in [0, 0.05) is 30.8 Å². The number of ether oxygens (including phenoxy) is 1. The van der Waals surface area contributed by atoms with Crippen molar-refractivity contribution in [3.05, 3.63) is 35.8 Å². The van der Waals surface area contributed by atoms with Crippen molar-refractivity contribution in [3.63, 3.8) is 0 Å². The van der Waals surface area contributed by atoms with Crippen molar-refractivity contribution in [3.8, 4) is 17.1 Å². The first kappa shape index (κ1) is 25.7. The average Bonchev–Trinajstić information content (AvgIpc) is 3.63. The molecular formula is C25H28F3N7O3. The fraction of sp³-hybridized carbons (Fsp3) is 0.480. The molecule has 2 unspecified atom stereocenters. The van der Waals surface area contributed by atoms with Crippen LogP contribution in [0, 0.1) is 11.8 Å². The van der Waals surface area contributed by atoms with Gasteiger partial charge in [0.25, 0.3) is 5.91 Å². The number of rotatable bonds is 5. The second kappa shape index (κ2) is 9.76. The molecule has 3 aromatic heterocycles. The van der Waals surface area contributed by atoms with Crippen molar-refractivity contribution in [2.24, 2.45) is 11.8 Å². The summed E-state index contributed by atoms with van der Waals surface area (Å²) in [5, 5.41) is 6.91. The zero-order chi connectivity index (χ0) is 27.2. The normalized spacial score (nSPS) is 20.3. The van der Waals surface area contributed by atoms with E-state index in [0.29, 0.717) is 13.1 Å². The molecule has 3 N–H and O–H groups in total. The molecule has 1 aliphatic carbocycles. The Bertz CT molecular complexity index is 1380. The van der Waals surface area contributed by atoms with Crippen LogP contribution < -0.4 is 15.8 Å². The van der Waals surface area contributed by atoms with E-state index in [1.165, 1.54) is 19.4 Å². The molecular weight excluding hydrogens is 503 g/mol. The summed E-state index contributed by atoms with van der Waals surface area (Å²) in [5.41, 5.74) is 4.65. The summed E-state index contributed by atoms with van der Waals surface area (Å²) in [7, 11) is 1.35. The maximum Gasteiger partial charge on any atom is 0.418 e. The van der Waals surface area contributed by atoms with Crippen LogP contribution in [-0.2, 0) is 11.0 Å². The van der Waals surface area contributed by atoms with Gasteiger partial charge < -0.3 is 20.7 Å². The third-order valence-corrected chi connectivity index (χ3v) is 7.42. The monoisotopic (exact) mass is 531 g/mol. The number of alkyl halides is 3. The second-order valence-electron chi connectivity index (χ2n) is 9.91. The van der Waals surface area contributed by atoms with Gasteiger partial charge in [0.1, 0.15) is 17.4 Å². The number of hydrogen-bond donors (Lipinski definition) is 2. The minimum Gasteiger partial charge on any atom is -0.480 e. The molecule has 1 saturated heterocycles. The van der Waals surface area contributed by atoms with Gasteiger partial charge in [-0.25, -0.2) is 14.5 Å². The predicted octanol–water partition coefficient (Wildman–Crippen LogP) is 3.17. The summed E-state index contributed by atoms with van der Waals surface area (Å²) >= 11 is 0. The molecule has 2 fully saturated rings. The Hall–Kier alpha value is -3.90. The van der Waals surface area contributed by atoms with Gasteiger partial charge in [0.15, 0.2) is 5.82 Å². The lowest BCUT2D eigenvalue weighted by molar-refractivity contribution is -0.136. The standard InChI is InChI=1S/C25H28F3N7O3/c1-13-10-34(24(37)14-5-3-4-6-14)11-18(13)33-22(36)16-7-15(9-30-23(16)38-2)19-8-17(25(26,27)28)20-21(29)31-12-32-35(19)20/h7-9,12-14,18H,3-6,10-11H2,1-2H3,(H,33,36)(H2,29,31,32). The van der Waals surface area contributed by atoms with Gasteiger partial charge in [0.2, 0.25) is 11.8 Å². The zero-order valence-corrected chi connectivity index (χ0v) is 21.0. The summed E-state index contributed by atoms with van der Waals surface area (Å²) in [4.78, 5) is 35.9. The van der Waals surface area contributed by atoms with Crippen LogP contribution in [-0.4, -0.2) is 62.5 Å². The molecule has 1 saturated carbocycles.